The van der Waals surface area contributed by atoms with Crippen molar-refractivity contribution in [1.82, 2.24) is 9.47 Å². The van der Waals surface area contributed by atoms with Crippen LogP contribution in [0.2, 0.25) is 0 Å². The number of benzene rings is 1. The van der Waals surface area contributed by atoms with Crippen LogP contribution in [0.3, 0.4) is 0 Å². The van der Waals surface area contributed by atoms with Gasteiger partial charge in [-0.05, 0) is 19.5 Å². The van der Waals surface area contributed by atoms with Crippen molar-refractivity contribution in [2.75, 3.05) is 7.05 Å². The van der Waals surface area contributed by atoms with Gasteiger partial charge in [0.1, 0.15) is 0 Å². The molecule has 0 unspecified atom stereocenters. The Kier molecular flexibility index (Phi) is 5.35. The van der Waals surface area contributed by atoms with Crippen molar-refractivity contribution in [3.05, 3.63) is 63.6 Å². The van der Waals surface area contributed by atoms with Crippen LogP contribution in [0.25, 0.3) is 0 Å². The number of aromatic nitrogens is 1. The third kappa shape index (κ3) is 3.55. The fourth-order valence-electron chi connectivity index (χ4n) is 2.63. The van der Waals surface area contributed by atoms with Crippen molar-refractivity contribution in [2.45, 2.75) is 33.2 Å². The molecule has 0 bridgehead atoms. The van der Waals surface area contributed by atoms with E-state index in [9.17, 15) is 15.0 Å². The number of aliphatic hydroxyl groups excluding tert-OH is 1. The predicted molar refractivity (Wildman–Crippen MR) is 85.6 cm³/mol. The summed E-state index contributed by atoms with van der Waals surface area (Å²) in [5, 5.41) is 19.5. The minimum absolute atomic E-state index is 0.223. The Labute approximate surface area is 130 Å². The molecule has 2 N–H and O–H groups in total. The minimum Gasteiger partial charge on any atom is -0.503 e. The van der Waals surface area contributed by atoms with Crippen LogP contribution in [0.15, 0.2) is 41.2 Å². The number of pyridine rings is 1. The third-order valence-electron chi connectivity index (χ3n) is 3.67. The molecule has 0 aliphatic rings. The summed E-state index contributed by atoms with van der Waals surface area (Å²) in [5.41, 5.74) is 1.77. The number of nitrogens with zero attached hydrogens (tertiary/aromatic N) is 2. The molecule has 1 aromatic heterocycles. The highest BCUT2D eigenvalue weighted by molar-refractivity contribution is 5.30. The molecule has 0 saturated carbocycles. The van der Waals surface area contributed by atoms with Crippen LogP contribution < -0.4 is 5.43 Å². The Morgan fingerprint density at radius 3 is 2.45 bits per heavy atom. The largest absolute Gasteiger partial charge is 0.503 e. The number of hydrogen-bond donors (Lipinski definition) is 2. The molecule has 0 amide bonds. The topological polar surface area (TPSA) is 65.7 Å². The number of aromatic hydroxyl groups is 1. The lowest BCUT2D eigenvalue weighted by Crippen LogP contribution is -2.24. The summed E-state index contributed by atoms with van der Waals surface area (Å²) in [6.07, 6.45) is 0. The summed E-state index contributed by atoms with van der Waals surface area (Å²) in [5.74, 6) is -0.237. The highest BCUT2D eigenvalue weighted by Crippen LogP contribution is 2.18. The van der Waals surface area contributed by atoms with Gasteiger partial charge >= 0.3 is 0 Å². The van der Waals surface area contributed by atoms with Gasteiger partial charge in [0, 0.05) is 31.4 Å². The minimum atomic E-state index is -0.447. The first-order chi connectivity index (χ1) is 10.6. The maximum Gasteiger partial charge on any atom is 0.223 e. The first-order valence-corrected chi connectivity index (χ1v) is 7.34. The zero-order valence-corrected chi connectivity index (χ0v) is 13.0. The molecule has 0 aliphatic heterocycles. The van der Waals surface area contributed by atoms with Crippen molar-refractivity contribution in [3.63, 3.8) is 0 Å². The molecule has 2 rings (SSSR count). The van der Waals surface area contributed by atoms with Crippen LogP contribution in [0, 0.1) is 0 Å². The fraction of sp³-hybridized carbons (Fsp3) is 0.353. The van der Waals surface area contributed by atoms with E-state index < -0.39 is 5.43 Å². The van der Waals surface area contributed by atoms with Gasteiger partial charge in [-0.1, -0.05) is 30.3 Å². The summed E-state index contributed by atoms with van der Waals surface area (Å²) in [4.78, 5) is 13.9. The zero-order valence-electron chi connectivity index (χ0n) is 13.0. The van der Waals surface area contributed by atoms with Gasteiger partial charge in [-0.3, -0.25) is 9.69 Å². The van der Waals surface area contributed by atoms with Gasteiger partial charge in [-0.15, -0.1) is 0 Å². The van der Waals surface area contributed by atoms with Gasteiger partial charge in [0.15, 0.2) is 5.75 Å². The fourth-order valence-corrected chi connectivity index (χ4v) is 2.63. The monoisotopic (exact) mass is 302 g/mol. The van der Waals surface area contributed by atoms with Crippen LogP contribution in [0.1, 0.15) is 23.9 Å². The highest BCUT2D eigenvalue weighted by atomic mass is 16.3. The maximum absolute atomic E-state index is 11.8. The van der Waals surface area contributed by atoms with E-state index in [1.165, 1.54) is 6.07 Å². The van der Waals surface area contributed by atoms with Crippen molar-refractivity contribution in [3.8, 4) is 5.75 Å². The molecule has 1 aromatic carbocycles. The first kappa shape index (κ1) is 16.3. The van der Waals surface area contributed by atoms with Crippen molar-refractivity contribution >= 4 is 0 Å². The van der Waals surface area contributed by atoms with Gasteiger partial charge in [0.25, 0.3) is 0 Å². The molecular formula is C17H22N2O3. The van der Waals surface area contributed by atoms with E-state index in [4.69, 9.17) is 0 Å². The Morgan fingerprint density at radius 1 is 1.18 bits per heavy atom. The standard InChI is InChI=1S/C17H22N2O3/c1-3-19-14(12-20)9-16(21)17(22)15(19)11-18(2)10-13-7-5-4-6-8-13/h4-9,20,22H,3,10-12H2,1-2H3. The summed E-state index contributed by atoms with van der Waals surface area (Å²) < 4.78 is 1.79. The predicted octanol–water partition coefficient (Wildman–Crippen LogP) is 1.70. The second-order valence-electron chi connectivity index (χ2n) is 5.36. The van der Waals surface area contributed by atoms with Crippen LogP contribution in [-0.2, 0) is 26.2 Å². The molecule has 0 saturated heterocycles. The molecule has 22 heavy (non-hydrogen) atoms. The molecule has 2 aromatic rings. The van der Waals surface area contributed by atoms with Gasteiger partial charge in [0.05, 0.1) is 12.3 Å². The smallest absolute Gasteiger partial charge is 0.223 e. The average molecular weight is 302 g/mol. The van der Waals surface area contributed by atoms with Gasteiger partial charge in [-0.2, -0.15) is 0 Å². The Hall–Kier alpha value is -2.11. The molecule has 1 heterocycles. The molecule has 0 radical (unpaired) electrons. The van der Waals surface area contributed by atoms with E-state index in [-0.39, 0.29) is 12.4 Å². The van der Waals surface area contributed by atoms with E-state index in [2.05, 4.69) is 0 Å². The van der Waals surface area contributed by atoms with E-state index >= 15 is 0 Å². The van der Waals surface area contributed by atoms with E-state index in [0.29, 0.717) is 31.0 Å². The lowest BCUT2D eigenvalue weighted by atomic mass is 10.2. The lowest BCUT2D eigenvalue weighted by Gasteiger charge is -2.22. The maximum atomic E-state index is 11.8. The number of rotatable bonds is 6. The molecular weight excluding hydrogens is 280 g/mol. The second kappa shape index (κ2) is 7.24. The average Bonchev–Trinajstić information content (AvgIpc) is 2.52. The zero-order chi connectivity index (χ0) is 16.1. The Balaban J connectivity index is 2.28. The summed E-state index contributed by atoms with van der Waals surface area (Å²) in [7, 11) is 1.93. The van der Waals surface area contributed by atoms with Crippen LogP contribution in [0.5, 0.6) is 5.75 Å². The van der Waals surface area contributed by atoms with Crippen molar-refractivity contribution in [2.24, 2.45) is 0 Å². The van der Waals surface area contributed by atoms with Gasteiger partial charge in [0.2, 0.25) is 5.43 Å². The van der Waals surface area contributed by atoms with E-state index in [1.807, 2.05) is 49.2 Å². The number of hydrogen-bond acceptors (Lipinski definition) is 4. The van der Waals surface area contributed by atoms with Crippen LogP contribution >= 0.6 is 0 Å². The Morgan fingerprint density at radius 2 is 1.86 bits per heavy atom. The van der Waals surface area contributed by atoms with Crippen LogP contribution in [0.4, 0.5) is 0 Å². The molecule has 0 atom stereocenters. The SMILES string of the molecule is CCn1c(CO)cc(=O)c(O)c1CN(C)Cc1ccccc1. The molecule has 0 spiro atoms. The van der Waals surface area contributed by atoms with Crippen molar-refractivity contribution < 1.29 is 10.2 Å². The normalized spacial score (nSPS) is 11.1. The van der Waals surface area contributed by atoms with Crippen LogP contribution in [-0.4, -0.2) is 26.7 Å². The molecule has 0 aliphatic carbocycles. The lowest BCUT2D eigenvalue weighted by molar-refractivity contribution is 0.261. The van der Waals surface area contributed by atoms with Gasteiger partial charge < -0.3 is 14.8 Å². The summed E-state index contributed by atoms with van der Waals surface area (Å²) >= 11 is 0. The van der Waals surface area contributed by atoms with E-state index in [1.54, 1.807) is 4.57 Å². The highest BCUT2D eigenvalue weighted by Gasteiger charge is 2.15. The molecule has 0 fully saturated rings. The number of aliphatic hydroxyl groups is 1. The summed E-state index contributed by atoms with van der Waals surface area (Å²) in [6, 6.07) is 11.3. The van der Waals surface area contributed by atoms with Gasteiger partial charge in [-0.25, -0.2) is 0 Å². The van der Waals surface area contributed by atoms with Crippen molar-refractivity contribution in [1.29, 1.82) is 0 Å². The molecule has 5 heteroatoms. The molecule has 118 valence electrons. The molecule has 5 nitrogen and oxygen atoms in total. The third-order valence-corrected chi connectivity index (χ3v) is 3.67. The Bertz CT molecular complexity index is 680. The summed E-state index contributed by atoms with van der Waals surface area (Å²) in [6.45, 7) is 3.42. The first-order valence-electron chi connectivity index (χ1n) is 7.34. The quantitative estimate of drug-likeness (QED) is 0.852. The second-order valence-corrected chi connectivity index (χ2v) is 5.36. The van der Waals surface area contributed by atoms with E-state index in [0.717, 1.165) is 5.56 Å².